The Kier molecular flexibility index (Phi) is 1.69. The maximum Gasteiger partial charge on any atom is 0.150 e. The third kappa shape index (κ3) is 1.06. The Morgan fingerprint density at radius 1 is 1.40 bits per heavy atom. The molecule has 0 amide bonds. The molecule has 3 rings (SSSR count). The number of carbonyl (C=O) groups is 1. The standard InChI is InChI=1S/C14H12O/c1-9-2-3-10-4-5-11-6-7-12(8-15)13(9)14(10)11/h2,4-8,10H,3H2,1H3. The van der Waals surface area contributed by atoms with Crippen molar-refractivity contribution in [3.63, 3.8) is 0 Å². The summed E-state index contributed by atoms with van der Waals surface area (Å²) in [5.41, 5.74) is 5.89. The first-order chi connectivity index (χ1) is 7.31. The molecule has 0 bridgehead atoms. The molecule has 2 aliphatic carbocycles. The average Bonchev–Trinajstić information content (AvgIpc) is 2.68. The first kappa shape index (κ1) is 8.66. The zero-order valence-corrected chi connectivity index (χ0v) is 8.66. The van der Waals surface area contributed by atoms with Crippen LogP contribution in [0.25, 0.3) is 11.6 Å². The summed E-state index contributed by atoms with van der Waals surface area (Å²) in [5, 5.41) is 0. The summed E-state index contributed by atoms with van der Waals surface area (Å²) in [7, 11) is 0. The first-order valence-electron chi connectivity index (χ1n) is 5.28. The zero-order valence-electron chi connectivity index (χ0n) is 8.66. The highest BCUT2D eigenvalue weighted by atomic mass is 16.1. The Morgan fingerprint density at radius 3 is 3.07 bits per heavy atom. The lowest BCUT2D eigenvalue weighted by atomic mass is 9.82. The second-order valence-corrected chi connectivity index (χ2v) is 4.24. The summed E-state index contributed by atoms with van der Waals surface area (Å²) in [5.74, 6) is 0.499. The predicted molar refractivity (Wildman–Crippen MR) is 61.9 cm³/mol. The monoisotopic (exact) mass is 196 g/mol. The number of allylic oxidation sites excluding steroid dienone is 3. The van der Waals surface area contributed by atoms with E-state index in [1.807, 2.05) is 6.07 Å². The Labute approximate surface area is 89.1 Å². The van der Waals surface area contributed by atoms with Crippen LogP contribution in [0.3, 0.4) is 0 Å². The Hall–Kier alpha value is -1.63. The van der Waals surface area contributed by atoms with Gasteiger partial charge >= 0.3 is 0 Å². The van der Waals surface area contributed by atoms with Crippen molar-refractivity contribution in [2.75, 3.05) is 0 Å². The van der Waals surface area contributed by atoms with E-state index in [1.54, 1.807) is 0 Å². The van der Waals surface area contributed by atoms with Gasteiger partial charge in [-0.1, -0.05) is 30.4 Å². The van der Waals surface area contributed by atoms with Gasteiger partial charge in [-0.15, -0.1) is 0 Å². The minimum absolute atomic E-state index is 0.499. The largest absolute Gasteiger partial charge is 0.298 e. The number of carbonyl (C=O) groups excluding carboxylic acids is 1. The summed E-state index contributed by atoms with van der Waals surface area (Å²) in [4.78, 5) is 11.0. The fourth-order valence-electron chi connectivity index (χ4n) is 2.65. The normalized spacial score (nSPS) is 21.1. The third-order valence-electron chi connectivity index (χ3n) is 3.39. The molecule has 0 fully saturated rings. The van der Waals surface area contributed by atoms with Crippen LogP contribution in [0.1, 0.15) is 46.3 Å². The lowest BCUT2D eigenvalue weighted by Gasteiger charge is -2.22. The number of hydrogen-bond acceptors (Lipinski definition) is 1. The molecule has 74 valence electrons. The smallest absolute Gasteiger partial charge is 0.150 e. The molecule has 1 nitrogen and oxygen atoms in total. The van der Waals surface area contributed by atoms with E-state index in [4.69, 9.17) is 0 Å². The molecular formula is C14H12O. The van der Waals surface area contributed by atoms with Crippen LogP contribution < -0.4 is 0 Å². The molecule has 0 N–H and O–H groups in total. The Bertz CT molecular complexity index is 506. The summed E-state index contributed by atoms with van der Waals surface area (Å²) in [6.07, 6.45) is 8.69. The van der Waals surface area contributed by atoms with E-state index in [0.717, 1.165) is 18.3 Å². The number of hydrogen-bond donors (Lipinski definition) is 0. The Balaban J connectivity index is 2.37. The Morgan fingerprint density at radius 2 is 2.27 bits per heavy atom. The second-order valence-electron chi connectivity index (χ2n) is 4.24. The molecule has 1 atom stereocenters. The highest BCUT2D eigenvalue weighted by molar-refractivity contribution is 5.90. The highest BCUT2D eigenvalue weighted by Gasteiger charge is 2.25. The molecule has 2 aliphatic rings. The summed E-state index contributed by atoms with van der Waals surface area (Å²) < 4.78 is 0. The van der Waals surface area contributed by atoms with Crippen LogP contribution in [0.5, 0.6) is 0 Å². The molecule has 15 heavy (non-hydrogen) atoms. The number of benzene rings is 1. The van der Waals surface area contributed by atoms with Gasteiger partial charge in [0, 0.05) is 11.5 Å². The molecule has 1 heteroatoms. The van der Waals surface area contributed by atoms with Gasteiger partial charge in [-0.05, 0) is 35.6 Å². The zero-order chi connectivity index (χ0) is 10.4. The van der Waals surface area contributed by atoms with Crippen molar-refractivity contribution in [3.05, 3.63) is 46.5 Å². The average molecular weight is 196 g/mol. The van der Waals surface area contributed by atoms with Crippen molar-refractivity contribution in [1.82, 2.24) is 0 Å². The maximum absolute atomic E-state index is 11.0. The second kappa shape index (κ2) is 2.93. The van der Waals surface area contributed by atoms with Crippen LogP contribution in [0.4, 0.5) is 0 Å². The number of aldehydes is 1. The SMILES string of the molecule is CC1=CCC2C=Cc3ccc(C=O)c1c32. The van der Waals surface area contributed by atoms with Crippen LogP contribution in [-0.4, -0.2) is 6.29 Å². The van der Waals surface area contributed by atoms with Crippen LogP contribution in [0, 0.1) is 0 Å². The maximum atomic E-state index is 11.0. The van der Waals surface area contributed by atoms with Crippen LogP contribution in [0.2, 0.25) is 0 Å². The lowest BCUT2D eigenvalue weighted by molar-refractivity contribution is 0.112. The van der Waals surface area contributed by atoms with E-state index in [2.05, 4.69) is 31.2 Å². The molecule has 0 aliphatic heterocycles. The van der Waals surface area contributed by atoms with Crippen molar-refractivity contribution in [1.29, 1.82) is 0 Å². The van der Waals surface area contributed by atoms with Gasteiger partial charge in [0.05, 0.1) is 0 Å². The van der Waals surface area contributed by atoms with E-state index in [9.17, 15) is 4.79 Å². The van der Waals surface area contributed by atoms with Gasteiger partial charge in [-0.3, -0.25) is 4.79 Å². The van der Waals surface area contributed by atoms with E-state index in [0.29, 0.717) is 5.92 Å². The summed E-state index contributed by atoms with van der Waals surface area (Å²) in [6.45, 7) is 2.09. The molecule has 0 saturated heterocycles. The predicted octanol–water partition coefficient (Wildman–Crippen LogP) is 3.42. The first-order valence-corrected chi connectivity index (χ1v) is 5.28. The van der Waals surface area contributed by atoms with Gasteiger partial charge in [0.2, 0.25) is 0 Å². The van der Waals surface area contributed by atoms with Gasteiger partial charge in [-0.25, -0.2) is 0 Å². The van der Waals surface area contributed by atoms with Gasteiger partial charge in [0.25, 0.3) is 0 Å². The van der Waals surface area contributed by atoms with Crippen LogP contribution >= 0.6 is 0 Å². The summed E-state index contributed by atoms with van der Waals surface area (Å²) >= 11 is 0. The van der Waals surface area contributed by atoms with Crippen LogP contribution in [-0.2, 0) is 0 Å². The highest BCUT2D eigenvalue weighted by Crippen LogP contribution is 2.42. The lowest BCUT2D eigenvalue weighted by Crippen LogP contribution is -2.06. The van der Waals surface area contributed by atoms with E-state index in [-0.39, 0.29) is 0 Å². The quantitative estimate of drug-likeness (QED) is 0.629. The van der Waals surface area contributed by atoms with E-state index in [1.165, 1.54) is 22.3 Å². The molecular weight excluding hydrogens is 184 g/mol. The molecule has 0 saturated carbocycles. The molecule has 0 radical (unpaired) electrons. The molecule has 1 aromatic rings. The summed E-state index contributed by atoms with van der Waals surface area (Å²) in [6, 6.07) is 3.98. The minimum atomic E-state index is 0.499. The van der Waals surface area contributed by atoms with Crippen molar-refractivity contribution >= 4 is 17.9 Å². The van der Waals surface area contributed by atoms with Gasteiger partial charge in [0.1, 0.15) is 0 Å². The van der Waals surface area contributed by atoms with E-state index < -0.39 is 0 Å². The fraction of sp³-hybridized carbons (Fsp3) is 0.214. The molecule has 1 unspecified atom stereocenters. The van der Waals surface area contributed by atoms with Gasteiger partial charge in [-0.2, -0.15) is 0 Å². The minimum Gasteiger partial charge on any atom is -0.298 e. The van der Waals surface area contributed by atoms with Gasteiger partial charge in [0.15, 0.2) is 6.29 Å². The molecule has 0 aromatic heterocycles. The van der Waals surface area contributed by atoms with Crippen LogP contribution in [0.15, 0.2) is 24.3 Å². The third-order valence-corrected chi connectivity index (χ3v) is 3.39. The molecule has 0 spiro atoms. The van der Waals surface area contributed by atoms with Crippen molar-refractivity contribution in [3.8, 4) is 0 Å². The van der Waals surface area contributed by atoms with Crippen molar-refractivity contribution in [2.45, 2.75) is 19.3 Å². The molecule has 0 heterocycles. The van der Waals surface area contributed by atoms with Crippen molar-refractivity contribution < 1.29 is 4.79 Å². The molecule has 1 aromatic carbocycles. The van der Waals surface area contributed by atoms with E-state index >= 15 is 0 Å². The fourth-order valence-corrected chi connectivity index (χ4v) is 2.65. The number of rotatable bonds is 1. The van der Waals surface area contributed by atoms with Gasteiger partial charge < -0.3 is 0 Å². The van der Waals surface area contributed by atoms with Crippen molar-refractivity contribution in [2.24, 2.45) is 0 Å². The topological polar surface area (TPSA) is 17.1 Å².